The molecule has 2 rings (SSSR count). The Hall–Kier alpha value is -1.09. The summed E-state index contributed by atoms with van der Waals surface area (Å²) in [5.74, 6) is 0.777. The van der Waals surface area contributed by atoms with Crippen molar-refractivity contribution in [3.63, 3.8) is 0 Å². The quantitative estimate of drug-likeness (QED) is 0.772. The van der Waals surface area contributed by atoms with E-state index in [0.29, 0.717) is 11.5 Å². The maximum Gasteiger partial charge on any atom is 0.213 e. The zero-order valence-electron chi connectivity index (χ0n) is 14.5. The zero-order chi connectivity index (χ0) is 15.7. The van der Waals surface area contributed by atoms with Crippen LogP contribution in [0.4, 0.5) is 0 Å². The molecule has 0 unspecified atom stereocenters. The highest BCUT2D eigenvalue weighted by molar-refractivity contribution is 5.18. The predicted molar refractivity (Wildman–Crippen MR) is 87.5 cm³/mol. The van der Waals surface area contributed by atoms with Gasteiger partial charge in [0.15, 0.2) is 0 Å². The standard InChI is InChI=1S/C18H31N2O/c1-18(2,3)10-9-14-7-8-17(19-13-14)21-16-11-15(12-16)20(4,5)6/h7-8,13,15-16H,9-12H2,1-6H3/q+1. The summed E-state index contributed by atoms with van der Waals surface area (Å²) in [6.45, 7) is 6.83. The van der Waals surface area contributed by atoms with E-state index in [2.05, 4.69) is 53.0 Å². The molecule has 0 radical (unpaired) electrons. The maximum atomic E-state index is 5.96. The lowest BCUT2D eigenvalue weighted by molar-refractivity contribution is -0.903. The number of pyridine rings is 1. The molecule has 0 saturated heterocycles. The lowest BCUT2D eigenvalue weighted by Crippen LogP contribution is -2.55. The molecule has 0 bridgehead atoms. The fourth-order valence-electron chi connectivity index (χ4n) is 2.59. The minimum Gasteiger partial charge on any atom is -0.474 e. The smallest absolute Gasteiger partial charge is 0.213 e. The monoisotopic (exact) mass is 291 g/mol. The zero-order valence-corrected chi connectivity index (χ0v) is 14.5. The molecule has 1 aromatic heterocycles. The van der Waals surface area contributed by atoms with Crippen LogP contribution >= 0.6 is 0 Å². The Morgan fingerprint density at radius 3 is 2.33 bits per heavy atom. The molecule has 0 N–H and O–H groups in total. The van der Waals surface area contributed by atoms with Gasteiger partial charge in [0.1, 0.15) is 6.10 Å². The summed E-state index contributed by atoms with van der Waals surface area (Å²) < 4.78 is 6.98. The lowest BCUT2D eigenvalue weighted by atomic mass is 9.87. The minimum absolute atomic E-state index is 0.347. The van der Waals surface area contributed by atoms with E-state index in [-0.39, 0.29) is 0 Å². The third kappa shape index (κ3) is 4.99. The van der Waals surface area contributed by atoms with Crippen LogP contribution in [-0.4, -0.2) is 42.8 Å². The largest absolute Gasteiger partial charge is 0.474 e. The predicted octanol–water partition coefficient (Wildman–Crippen LogP) is 3.68. The van der Waals surface area contributed by atoms with Crippen LogP contribution in [0.15, 0.2) is 18.3 Å². The van der Waals surface area contributed by atoms with Crippen LogP contribution in [0.25, 0.3) is 0 Å². The van der Waals surface area contributed by atoms with Gasteiger partial charge in [0.25, 0.3) is 0 Å². The highest BCUT2D eigenvalue weighted by Gasteiger charge is 2.40. The molecule has 1 aliphatic carbocycles. The SMILES string of the molecule is CC(C)(C)CCc1ccc(OC2CC([N+](C)(C)C)C2)nc1. The average molecular weight is 291 g/mol. The van der Waals surface area contributed by atoms with E-state index in [1.54, 1.807) is 0 Å². The van der Waals surface area contributed by atoms with Crippen molar-refractivity contribution in [3.05, 3.63) is 23.9 Å². The van der Waals surface area contributed by atoms with Gasteiger partial charge in [-0.05, 0) is 23.8 Å². The summed E-state index contributed by atoms with van der Waals surface area (Å²) in [7, 11) is 6.76. The number of rotatable bonds is 5. The Bertz CT molecular complexity index is 448. The van der Waals surface area contributed by atoms with Gasteiger partial charge in [0.05, 0.1) is 27.2 Å². The van der Waals surface area contributed by atoms with Crippen molar-refractivity contribution in [2.24, 2.45) is 5.41 Å². The molecular weight excluding hydrogens is 260 g/mol. The van der Waals surface area contributed by atoms with Crippen molar-refractivity contribution >= 4 is 0 Å². The maximum absolute atomic E-state index is 5.96. The normalized spacial score (nSPS) is 22.8. The molecule has 3 nitrogen and oxygen atoms in total. The first-order valence-electron chi connectivity index (χ1n) is 8.06. The second kappa shape index (κ2) is 5.96. The average Bonchev–Trinajstić information content (AvgIpc) is 2.29. The highest BCUT2D eigenvalue weighted by Crippen LogP contribution is 2.30. The van der Waals surface area contributed by atoms with E-state index in [1.807, 2.05) is 12.3 Å². The Kier molecular flexibility index (Phi) is 4.62. The number of aryl methyl sites for hydroxylation is 1. The first kappa shape index (κ1) is 16.3. The topological polar surface area (TPSA) is 22.1 Å². The van der Waals surface area contributed by atoms with Crippen LogP contribution in [0.1, 0.15) is 45.6 Å². The Morgan fingerprint density at radius 1 is 1.19 bits per heavy atom. The third-order valence-corrected chi connectivity index (χ3v) is 4.41. The van der Waals surface area contributed by atoms with E-state index in [1.165, 1.54) is 12.0 Å². The van der Waals surface area contributed by atoms with E-state index in [9.17, 15) is 0 Å². The second-order valence-electron chi connectivity index (χ2n) is 8.55. The van der Waals surface area contributed by atoms with Crippen LogP contribution in [0.5, 0.6) is 5.88 Å². The van der Waals surface area contributed by atoms with Crippen molar-refractivity contribution in [1.82, 2.24) is 4.98 Å². The number of hydrogen-bond donors (Lipinski definition) is 0. The third-order valence-electron chi connectivity index (χ3n) is 4.41. The van der Waals surface area contributed by atoms with Gasteiger partial charge in [0.2, 0.25) is 5.88 Å². The van der Waals surface area contributed by atoms with Crippen LogP contribution in [0, 0.1) is 5.41 Å². The van der Waals surface area contributed by atoms with Crippen LogP contribution < -0.4 is 4.74 Å². The highest BCUT2D eigenvalue weighted by atomic mass is 16.5. The summed E-state index contributed by atoms with van der Waals surface area (Å²) >= 11 is 0. The van der Waals surface area contributed by atoms with E-state index >= 15 is 0 Å². The summed E-state index contributed by atoms with van der Waals surface area (Å²) in [6.07, 6.45) is 6.86. The Morgan fingerprint density at radius 2 is 1.86 bits per heavy atom. The minimum atomic E-state index is 0.347. The van der Waals surface area contributed by atoms with Gasteiger partial charge in [-0.3, -0.25) is 0 Å². The Labute approximate surface area is 129 Å². The second-order valence-corrected chi connectivity index (χ2v) is 8.55. The van der Waals surface area contributed by atoms with Gasteiger partial charge in [-0.25, -0.2) is 4.98 Å². The number of nitrogens with zero attached hydrogens (tertiary/aromatic N) is 2. The summed E-state index contributed by atoms with van der Waals surface area (Å²) in [6, 6.07) is 4.91. The molecule has 1 heterocycles. The molecule has 1 aromatic rings. The molecule has 0 amide bonds. The lowest BCUT2D eigenvalue weighted by Gasteiger charge is -2.43. The van der Waals surface area contributed by atoms with Crippen LogP contribution in [-0.2, 0) is 6.42 Å². The van der Waals surface area contributed by atoms with Gasteiger partial charge in [-0.2, -0.15) is 0 Å². The van der Waals surface area contributed by atoms with Gasteiger partial charge in [0, 0.05) is 25.1 Å². The molecule has 0 aliphatic heterocycles. The van der Waals surface area contributed by atoms with Gasteiger partial charge in [-0.15, -0.1) is 0 Å². The number of ether oxygens (including phenoxy) is 1. The van der Waals surface area contributed by atoms with E-state index in [0.717, 1.165) is 35.7 Å². The van der Waals surface area contributed by atoms with Crippen molar-refractivity contribution in [2.45, 2.75) is 58.6 Å². The van der Waals surface area contributed by atoms with Crippen LogP contribution in [0.3, 0.4) is 0 Å². The molecule has 0 aromatic carbocycles. The molecular formula is C18H31N2O+. The number of hydrogen-bond acceptors (Lipinski definition) is 2. The van der Waals surface area contributed by atoms with Crippen molar-refractivity contribution < 1.29 is 9.22 Å². The summed E-state index contributed by atoms with van der Waals surface area (Å²) in [5, 5.41) is 0. The van der Waals surface area contributed by atoms with Crippen LogP contribution in [0.2, 0.25) is 0 Å². The first-order valence-corrected chi connectivity index (χ1v) is 8.06. The molecule has 0 spiro atoms. The fraction of sp³-hybridized carbons (Fsp3) is 0.722. The summed E-state index contributed by atoms with van der Waals surface area (Å²) in [4.78, 5) is 4.46. The fourth-order valence-corrected chi connectivity index (χ4v) is 2.59. The Balaban J connectivity index is 1.79. The molecule has 1 saturated carbocycles. The van der Waals surface area contributed by atoms with Gasteiger partial charge >= 0.3 is 0 Å². The molecule has 118 valence electrons. The van der Waals surface area contributed by atoms with Gasteiger partial charge < -0.3 is 9.22 Å². The van der Waals surface area contributed by atoms with Gasteiger partial charge in [-0.1, -0.05) is 26.8 Å². The molecule has 0 atom stereocenters. The molecule has 21 heavy (non-hydrogen) atoms. The first-order chi connectivity index (χ1) is 9.63. The number of quaternary nitrogens is 1. The summed E-state index contributed by atoms with van der Waals surface area (Å²) in [5.41, 5.74) is 1.68. The van der Waals surface area contributed by atoms with Crippen molar-refractivity contribution in [1.29, 1.82) is 0 Å². The van der Waals surface area contributed by atoms with Crippen molar-refractivity contribution in [2.75, 3.05) is 21.1 Å². The van der Waals surface area contributed by atoms with E-state index < -0.39 is 0 Å². The molecule has 3 heteroatoms. The molecule has 1 aliphatic rings. The number of aromatic nitrogens is 1. The van der Waals surface area contributed by atoms with Crippen molar-refractivity contribution in [3.8, 4) is 5.88 Å². The van der Waals surface area contributed by atoms with E-state index in [4.69, 9.17) is 4.74 Å². The molecule has 1 fully saturated rings.